The van der Waals surface area contributed by atoms with Crippen molar-refractivity contribution in [2.24, 2.45) is 17.8 Å². The number of alkyl halides is 3. The molecule has 45 heavy (non-hydrogen) atoms. The van der Waals surface area contributed by atoms with Gasteiger partial charge in [0, 0.05) is 11.6 Å². The molecule has 4 fully saturated rings. The lowest BCUT2D eigenvalue weighted by molar-refractivity contribution is -0.137. The summed E-state index contributed by atoms with van der Waals surface area (Å²) in [5, 5.41) is 9.19. The van der Waals surface area contributed by atoms with Crippen molar-refractivity contribution < 1.29 is 32.5 Å². The molecule has 0 heterocycles. The number of ether oxygens (including phenoxy) is 2. The molecule has 4 saturated carbocycles. The van der Waals surface area contributed by atoms with Crippen LogP contribution in [0, 0.1) is 17.8 Å². The third kappa shape index (κ3) is 7.13. The summed E-state index contributed by atoms with van der Waals surface area (Å²) in [5.74, 6) is 2.94. The van der Waals surface area contributed by atoms with Crippen molar-refractivity contribution in [2.75, 3.05) is 7.11 Å². The fourth-order valence-electron chi connectivity index (χ4n) is 8.32. The fourth-order valence-corrected chi connectivity index (χ4v) is 8.32. The average Bonchev–Trinajstić information content (AvgIpc) is 3.01. The van der Waals surface area contributed by atoms with Crippen LogP contribution in [0.15, 0.2) is 85.0 Å². The first-order valence-corrected chi connectivity index (χ1v) is 15.8. The molecule has 7 heteroatoms. The Kier molecular flexibility index (Phi) is 8.80. The molecule has 0 amide bonds. The van der Waals surface area contributed by atoms with Gasteiger partial charge in [0.05, 0.1) is 12.7 Å². The van der Waals surface area contributed by atoms with Gasteiger partial charge < -0.3 is 14.6 Å². The third-order valence-electron chi connectivity index (χ3n) is 9.93. The number of hydrogen-bond acceptors (Lipinski definition) is 3. The molecule has 1 N–H and O–H groups in total. The Balaban J connectivity index is 1.26. The molecule has 4 nitrogen and oxygen atoms in total. The monoisotopic (exact) mass is 616 g/mol. The summed E-state index contributed by atoms with van der Waals surface area (Å²) in [6.07, 6.45) is 8.51. The number of carbonyl (C=O) groups is 1. The lowest BCUT2D eigenvalue weighted by Gasteiger charge is -2.57. The molecule has 0 radical (unpaired) electrons. The van der Waals surface area contributed by atoms with Gasteiger partial charge in [-0.15, -0.1) is 0 Å². The molecule has 0 spiro atoms. The molecule has 7 rings (SSSR count). The van der Waals surface area contributed by atoms with Crippen LogP contribution in [0.25, 0.3) is 5.57 Å². The highest BCUT2D eigenvalue weighted by Crippen LogP contribution is 2.62. The van der Waals surface area contributed by atoms with E-state index in [1.165, 1.54) is 56.2 Å². The number of carboxylic acid groups (broad SMARTS) is 1. The number of allylic oxidation sites excluding steroid dienone is 3. The Morgan fingerprint density at radius 2 is 1.58 bits per heavy atom. The second-order valence-electron chi connectivity index (χ2n) is 13.1. The minimum atomic E-state index is -4.49. The average molecular weight is 617 g/mol. The van der Waals surface area contributed by atoms with Crippen LogP contribution < -0.4 is 9.47 Å². The molecular weight excluding hydrogens is 577 g/mol. The van der Waals surface area contributed by atoms with E-state index in [2.05, 4.69) is 18.2 Å². The number of halogens is 3. The molecule has 3 aromatic carbocycles. The fraction of sp³-hybridized carbons (Fsp3) is 0.395. The first-order chi connectivity index (χ1) is 21.6. The minimum absolute atomic E-state index is 0.153. The van der Waals surface area contributed by atoms with Gasteiger partial charge in [-0.2, -0.15) is 13.2 Å². The largest absolute Gasteiger partial charge is 0.497 e. The zero-order chi connectivity index (χ0) is 31.6. The summed E-state index contributed by atoms with van der Waals surface area (Å²) in [7, 11) is 1.65. The van der Waals surface area contributed by atoms with Gasteiger partial charge in [0.25, 0.3) is 0 Å². The number of methoxy groups -OCH3 is 1. The molecule has 236 valence electrons. The van der Waals surface area contributed by atoms with Crippen molar-refractivity contribution in [1.82, 2.24) is 0 Å². The highest BCUT2D eigenvalue weighted by atomic mass is 19.4. The van der Waals surface area contributed by atoms with Gasteiger partial charge in [-0.05, 0) is 133 Å². The van der Waals surface area contributed by atoms with Crippen LogP contribution in [0.4, 0.5) is 13.2 Å². The Bertz CT molecular complexity index is 1550. The summed E-state index contributed by atoms with van der Waals surface area (Å²) in [4.78, 5) is 11.2. The Labute approximate surface area is 262 Å². The summed E-state index contributed by atoms with van der Waals surface area (Å²) in [6.45, 7) is 0.437. The number of rotatable bonds is 11. The smallest absolute Gasteiger partial charge is 0.416 e. The van der Waals surface area contributed by atoms with Crippen molar-refractivity contribution in [3.63, 3.8) is 0 Å². The molecule has 4 aliphatic rings. The van der Waals surface area contributed by atoms with E-state index in [1.807, 2.05) is 24.3 Å². The van der Waals surface area contributed by atoms with E-state index in [0.29, 0.717) is 30.6 Å². The van der Waals surface area contributed by atoms with Crippen LogP contribution in [0.5, 0.6) is 11.5 Å². The van der Waals surface area contributed by atoms with Gasteiger partial charge >= 0.3 is 12.1 Å². The second kappa shape index (κ2) is 12.8. The van der Waals surface area contributed by atoms with Crippen LogP contribution in [0.1, 0.15) is 72.8 Å². The SMILES string of the molecule is COc1ccc(COc2cc(CC/C=C(/C=CC(=O)O)c3cccc(C(F)(F)F)c3)ccc2C23CC4CC(CC(C4)C2)C3)cc1. The lowest BCUT2D eigenvalue weighted by atomic mass is 9.48. The maximum atomic E-state index is 13.4. The van der Waals surface area contributed by atoms with Crippen LogP contribution in [0.2, 0.25) is 0 Å². The minimum Gasteiger partial charge on any atom is -0.497 e. The Morgan fingerprint density at radius 3 is 2.20 bits per heavy atom. The van der Waals surface area contributed by atoms with E-state index in [4.69, 9.17) is 9.47 Å². The predicted molar refractivity (Wildman–Crippen MR) is 168 cm³/mol. The molecule has 3 aromatic rings. The van der Waals surface area contributed by atoms with Crippen molar-refractivity contribution in [3.05, 3.63) is 113 Å². The number of aryl methyl sites for hydroxylation is 1. The van der Waals surface area contributed by atoms with Gasteiger partial charge in [0.2, 0.25) is 0 Å². The zero-order valence-electron chi connectivity index (χ0n) is 25.5. The second-order valence-corrected chi connectivity index (χ2v) is 13.1. The predicted octanol–water partition coefficient (Wildman–Crippen LogP) is 9.42. The number of aliphatic carboxylic acids is 1. The first kappa shape index (κ1) is 31.0. The highest BCUT2D eigenvalue weighted by molar-refractivity contribution is 5.85. The zero-order valence-corrected chi connectivity index (χ0v) is 25.5. The number of benzene rings is 3. The van der Waals surface area contributed by atoms with E-state index in [9.17, 15) is 23.1 Å². The maximum Gasteiger partial charge on any atom is 0.416 e. The lowest BCUT2D eigenvalue weighted by Crippen LogP contribution is -2.48. The van der Waals surface area contributed by atoms with Gasteiger partial charge in [-0.1, -0.05) is 42.5 Å². The highest BCUT2D eigenvalue weighted by Gasteiger charge is 2.52. The van der Waals surface area contributed by atoms with Gasteiger partial charge in [-0.25, -0.2) is 4.79 Å². The van der Waals surface area contributed by atoms with Gasteiger partial charge in [-0.3, -0.25) is 0 Å². The Hall–Kier alpha value is -4.00. The summed E-state index contributed by atoms with van der Waals surface area (Å²) in [6, 6.07) is 19.4. The van der Waals surface area contributed by atoms with E-state index >= 15 is 0 Å². The maximum absolute atomic E-state index is 13.4. The van der Waals surface area contributed by atoms with Crippen LogP contribution in [-0.4, -0.2) is 18.2 Å². The summed E-state index contributed by atoms with van der Waals surface area (Å²) in [5.41, 5.74) is 3.57. The molecule has 0 aliphatic heterocycles. The van der Waals surface area contributed by atoms with Crippen LogP contribution in [-0.2, 0) is 29.4 Å². The van der Waals surface area contributed by atoms with E-state index < -0.39 is 17.7 Å². The van der Waals surface area contributed by atoms with Crippen molar-refractivity contribution in [3.8, 4) is 11.5 Å². The molecule has 0 atom stereocenters. The first-order valence-electron chi connectivity index (χ1n) is 15.8. The normalized spacial score (nSPS) is 24.3. The molecule has 4 bridgehead atoms. The topological polar surface area (TPSA) is 55.8 Å². The van der Waals surface area contributed by atoms with Crippen molar-refractivity contribution in [2.45, 2.75) is 69.6 Å². The van der Waals surface area contributed by atoms with E-state index in [1.54, 1.807) is 19.3 Å². The summed E-state index contributed by atoms with van der Waals surface area (Å²) < 4.78 is 52.0. The van der Waals surface area contributed by atoms with Crippen molar-refractivity contribution >= 4 is 11.5 Å². The molecule has 0 aromatic heterocycles. The molecule has 0 unspecified atom stereocenters. The van der Waals surface area contributed by atoms with Crippen LogP contribution >= 0.6 is 0 Å². The molecular formula is C38H39F3O4. The number of hydrogen-bond donors (Lipinski definition) is 1. The van der Waals surface area contributed by atoms with E-state index in [-0.39, 0.29) is 5.41 Å². The number of carboxylic acids is 1. The molecule has 0 saturated heterocycles. The van der Waals surface area contributed by atoms with Crippen LogP contribution in [0.3, 0.4) is 0 Å². The molecule has 4 aliphatic carbocycles. The third-order valence-corrected chi connectivity index (χ3v) is 9.93. The van der Waals surface area contributed by atoms with E-state index in [0.717, 1.165) is 58.6 Å². The Morgan fingerprint density at radius 1 is 0.911 bits per heavy atom. The van der Waals surface area contributed by atoms with Crippen molar-refractivity contribution in [1.29, 1.82) is 0 Å². The summed E-state index contributed by atoms with van der Waals surface area (Å²) >= 11 is 0. The van der Waals surface area contributed by atoms with Gasteiger partial charge in [0.15, 0.2) is 0 Å². The standard InChI is InChI=1S/C38H39F3O4/c1-44-33-12-8-26(9-13-33)24-45-35-19-25(10-14-34(35)37-21-27-16-28(22-37)18-29(17-27)23-37)4-2-5-30(11-15-36(42)43)31-6-3-7-32(20-31)38(39,40)41/h3,5-15,19-20,27-29H,2,4,16-18,21-24H2,1H3,(H,42,43)/b15-11?,30-5-. The van der Waals surface area contributed by atoms with Gasteiger partial charge in [0.1, 0.15) is 18.1 Å². The quantitative estimate of drug-likeness (QED) is 0.172.